The first kappa shape index (κ1) is 30.9. The maximum Gasteiger partial charge on any atom is 0.244 e. The molecule has 2 aromatic rings. The zero-order chi connectivity index (χ0) is 29.6. The average molecular weight is 664 g/mol. The van der Waals surface area contributed by atoms with Crippen molar-refractivity contribution in [2.24, 2.45) is 46.3 Å². The van der Waals surface area contributed by atoms with E-state index in [1.54, 1.807) is 5.57 Å². The molecule has 2 saturated heterocycles. The summed E-state index contributed by atoms with van der Waals surface area (Å²) in [7, 11) is 0. The van der Waals surface area contributed by atoms with Crippen LogP contribution in [0.4, 0.5) is 0 Å². The van der Waals surface area contributed by atoms with E-state index in [1.165, 1.54) is 44.9 Å². The Balaban J connectivity index is 0.00000312. The summed E-state index contributed by atoms with van der Waals surface area (Å²) >= 11 is 0. The largest absolute Gasteiger partial charge is 1.00 e. The number of hydrogen-bond acceptors (Lipinski definition) is 3. The fraction of sp³-hybridized carbons (Fsp3) is 0.684. The van der Waals surface area contributed by atoms with Gasteiger partial charge >= 0.3 is 0 Å². The molecule has 11 atom stereocenters. The molecule has 4 aliphatic carbocycles. The van der Waals surface area contributed by atoms with Crippen LogP contribution in [0.3, 0.4) is 0 Å². The predicted molar refractivity (Wildman–Crippen MR) is 166 cm³/mol. The van der Waals surface area contributed by atoms with Crippen molar-refractivity contribution in [3.8, 4) is 0 Å². The third-order valence-electron chi connectivity index (χ3n) is 13.9. The number of rotatable bonds is 4. The van der Waals surface area contributed by atoms with Crippen molar-refractivity contribution < 1.29 is 35.8 Å². The van der Waals surface area contributed by atoms with Gasteiger partial charge in [0.05, 0.1) is 12.7 Å². The Hall–Kier alpha value is -1.76. The number of fused-ring (bicyclic) bond motifs is 7. The first-order chi connectivity index (χ1) is 20.7. The Kier molecular flexibility index (Phi) is 7.85. The smallest absolute Gasteiger partial charge is 0.244 e. The number of allylic oxidation sites excluding steroid dienone is 2. The van der Waals surface area contributed by atoms with Gasteiger partial charge in [0.2, 0.25) is 12.1 Å². The number of benzene rings is 1. The zero-order valence-corrected chi connectivity index (χ0v) is 28.7. The van der Waals surface area contributed by atoms with Crippen molar-refractivity contribution in [2.75, 3.05) is 6.61 Å². The summed E-state index contributed by atoms with van der Waals surface area (Å²) in [5.41, 5.74) is 3.18. The van der Waals surface area contributed by atoms with Crippen LogP contribution >= 0.6 is 0 Å². The molecule has 0 radical (unpaired) electrons. The number of aromatic nitrogens is 2. The Morgan fingerprint density at radius 2 is 1.86 bits per heavy atom. The third-order valence-corrected chi connectivity index (χ3v) is 13.9. The molecule has 5 nitrogen and oxygen atoms in total. The Bertz CT molecular complexity index is 1410. The first-order valence-electron chi connectivity index (χ1n) is 17.4. The Morgan fingerprint density at radius 3 is 2.64 bits per heavy atom. The van der Waals surface area contributed by atoms with E-state index in [2.05, 4.69) is 61.6 Å². The van der Waals surface area contributed by atoms with E-state index in [4.69, 9.17) is 9.47 Å². The van der Waals surface area contributed by atoms with E-state index in [0.29, 0.717) is 47.3 Å². The van der Waals surface area contributed by atoms with Gasteiger partial charge in [-0.05, 0) is 85.4 Å². The summed E-state index contributed by atoms with van der Waals surface area (Å²) in [5.74, 6) is 3.97. The summed E-state index contributed by atoms with van der Waals surface area (Å²) in [6.45, 7) is 11.3. The van der Waals surface area contributed by atoms with E-state index in [0.717, 1.165) is 42.8 Å². The lowest BCUT2D eigenvalue weighted by Gasteiger charge is -2.58. The summed E-state index contributed by atoms with van der Waals surface area (Å²) < 4.78 is 18.0. The number of ketones is 1. The fourth-order valence-electron chi connectivity index (χ4n) is 11.5. The highest BCUT2D eigenvalue weighted by atomic mass is 79.9. The van der Waals surface area contributed by atoms with Crippen molar-refractivity contribution >= 4 is 5.78 Å². The number of hydrogen-bond donors (Lipinski definition) is 0. The molecule has 6 heteroatoms. The summed E-state index contributed by atoms with van der Waals surface area (Å²) in [6.07, 6.45) is 20.6. The van der Waals surface area contributed by atoms with Crippen LogP contribution in [0.1, 0.15) is 102 Å². The second-order valence-corrected chi connectivity index (χ2v) is 16.0. The van der Waals surface area contributed by atoms with Gasteiger partial charge in [-0.3, -0.25) is 4.79 Å². The van der Waals surface area contributed by atoms with Crippen molar-refractivity contribution in [1.82, 2.24) is 4.57 Å². The van der Waals surface area contributed by atoms with Gasteiger partial charge in [-0.15, -0.1) is 0 Å². The van der Waals surface area contributed by atoms with Crippen LogP contribution in [-0.4, -0.2) is 28.8 Å². The standard InChI is InChI=1S/C38H51N2O3.BrH/c1-25-12-17-38(42-23-25)26(2)35-34(43-38)21-32-30-11-10-28-20-29(13-15-36(28,3)31(30)14-16-37(32,35)4)40-19-18-39(24-40)22-33(41)27-8-6-5-7-9-27;/h5-10,18-19,24-26,29-32,34-35H,11-17,20-23H2,1-4H3;1H/q+1;/p-1/t25-,26+,29+,30-,31+,32+,34+,35+,36+,37+,38-;/m1./s1. The highest BCUT2D eigenvalue weighted by Gasteiger charge is 2.68. The Labute approximate surface area is 274 Å². The Morgan fingerprint density at radius 1 is 1.05 bits per heavy atom. The van der Waals surface area contributed by atoms with Crippen molar-refractivity contribution in [3.05, 3.63) is 66.3 Å². The van der Waals surface area contributed by atoms with Gasteiger partial charge in [-0.2, -0.15) is 0 Å². The van der Waals surface area contributed by atoms with Crippen LogP contribution in [0.15, 0.2) is 60.7 Å². The molecule has 0 amide bonds. The molecule has 3 saturated carbocycles. The van der Waals surface area contributed by atoms with Gasteiger partial charge in [0.1, 0.15) is 18.4 Å². The van der Waals surface area contributed by atoms with E-state index in [9.17, 15) is 4.79 Å². The molecule has 44 heavy (non-hydrogen) atoms. The highest BCUT2D eigenvalue weighted by molar-refractivity contribution is 5.94. The van der Waals surface area contributed by atoms with Crippen molar-refractivity contribution in [2.45, 2.75) is 110 Å². The molecule has 1 aromatic carbocycles. The van der Waals surface area contributed by atoms with Crippen LogP contribution in [0, 0.1) is 46.3 Å². The molecule has 5 fully saturated rings. The van der Waals surface area contributed by atoms with Crippen LogP contribution in [0.25, 0.3) is 0 Å². The van der Waals surface area contributed by atoms with Crippen LogP contribution in [0.5, 0.6) is 0 Å². The lowest BCUT2D eigenvalue weighted by atomic mass is 9.46. The van der Waals surface area contributed by atoms with E-state index < -0.39 is 0 Å². The average Bonchev–Trinajstić information content (AvgIpc) is 3.67. The van der Waals surface area contributed by atoms with Gasteiger partial charge < -0.3 is 26.5 Å². The van der Waals surface area contributed by atoms with E-state index in [-0.39, 0.29) is 28.6 Å². The van der Waals surface area contributed by atoms with Crippen LogP contribution in [-0.2, 0) is 16.0 Å². The quantitative estimate of drug-likeness (QED) is 0.274. The number of imidazole rings is 1. The number of carbonyl (C=O) groups is 1. The highest BCUT2D eigenvalue weighted by Crippen LogP contribution is 2.70. The molecule has 1 aromatic heterocycles. The van der Waals surface area contributed by atoms with Crippen molar-refractivity contribution in [3.63, 3.8) is 0 Å². The number of ether oxygens (including phenoxy) is 2. The van der Waals surface area contributed by atoms with Crippen LogP contribution in [0.2, 0.25) is 0 Å². The zero-order valence-electron chi connectivity index (χ0n) is 27.1. The van der Waals surface area contributed by atoms with Gasteiger partial charge in [0, 0.05) is 24.3 Å². The summed E-state index contributed by atoms with van der Waals surface area (Å²) in [5, 5.41) is 0. The van der Waals surface area contributed by atoms with Gasteiger partial charge in [0.15, 0.2) is 12.3 Å². The monoisotopic (exact) mass is 662 g/mol. The molecule has 6 aliphatic rings. The molecule has 0 N–H and O–H groups in total. The SMILES string of the molecule is C[C@@H]1CC[C@@]2(OC1)O[C@H]1C[C@H]3[C@@H]4CC=C5C[C@@H](n6cc[n+](CC(=O)c7ccccc7)c6)CC[C@]5(C)[C@H]4CC[C@]3(C)[C@H]1[C@@H]2C.[Br-]. The van der Waals surface area contributed by atoms with E-state index in [1.807, 2.05) is 30.3 Å². The molecular formula is C38H51BrN2O3. The van der Waals surface area contributed by atoms with Gasteiger partial charge in [0.25, 0.3) is 0 Å². The molecule has 8 rings (SSSR count). The second-order valence-electron chi connectivity index (χ2n) is 16.0. The number of carbonyl (C=O) groups excluding carboxylic acids is 1. The van der Waals surface area contributed by atoms with Gasteiger partial charge in [-0.1, -0.05) is 69.7 Å². The molecular weight excluding hydrogens is 612 g/mol. The van der Waals surface area contributed by atoms with Gasteiger partial charge in [-0.25, -0.2) is 9.13 Å². The minimum atomic E-state index is -0.317. The van der Waals surface area contributed by atoms with Crippen LogP contribution < -0.4 is 21.5 Å². The van der Waals surface area contributed by atoms with E-state index >= 15 is 0 Å². The van der Waals surface area contributed by atoms with Crippen molar-refractivity contribution in [1.29, 1.82) is 0 Å². The molecule has 238 valence electrons. The third kappa shape index (κ3) is 4.67. The second kappa shape index (κ2) is 11.2. The normalized spacial score (nSPS) is 44.1. The fourth-order valence-corrected chi connectivity index (χ4v) is 11.5. The molecule has 2 aliphatic heterocycles. The summed E-state index contributed by atoms with van der Waals surface area (Å²) in [6, 6.07) is 10.1. The predicted octanol–water partition coefficient (Wildman–Crippen LogP) is 4.57. The summed E-state index contributed by atoms with van der Waals surface area (Å²) in [4.78, 5) is 12.8. The molecule has 1 spiro atoms. The topological polar surface area (TPSA) is 44.3 Å². The maximum absolute atomic E-state index is 12.8. The lowest BCUT2D eigenvalue weighted by Crippen LogP contribution is -3.00. The molecule has 0 unspecified atom stereocenters. The minimum Gasteiger partial charge on any atom is -1.00 e. The molecule has 0 bridgehead atoms. The minimum absolute atomic E-state index is 0. The maximum atomic E-state index is 12.8. The lowest BCUT2D eigenvalue weighted by molar-refractivity contribution is -0.682. The molecule has 3 heterocycles. The first-order valence-corrected chi connectivity index (χ1v) is 17.4. The number of Topliss-reactive ketones (excluding diaryl/α,β-unsaturated/α-hetero) is 1. The number of nitrogens with zero attached hydrogens (tertiary/aromatic N) is 2. The number of halogens is 1.